The van der Waals surface area contributed by atoms with E-state index in [9.17, 15) is 0 Å². The van der Waals surface area contributed by atoms with E-state index in [-0.39, 0.29) is 95.6 Å². The Balaban J connectivity index is -0.000000000500. The zero-order valence-electron chi connectivity index (χ0n) is 5.79. The van der Waals surface area contributed by atoms with Crippen LogP contribution in [0.5, 0.6) is 0 Å². The molecular formula is H8Al4O6Rh2. The van der Waals surface area contributed by atoms with Crippen LogP contribution >= 0.6 is 0 Å². The Labute approximate surface area is 134 Å². The molecule has 0 aromatic heterocycles. The van der Waals surface area contributed by atoms with E-state index in [1.54, 1.807) is 0 Å². The summed E-state index contributed by atoms with van der Waals surface area (Å²) in [5.74, 6) is 0. The van der Waals surface area contributed by atoms with Gasteiger partial charge in [0, 0.05) is 73.7 Å². The van der Waals surface area contributed by atoms with Crippen molar-refractivity contribution in [2.45, 2.75) is 0 Å². The first-order chi connectivity index (χ1) is 2.00. The largest absolute Gasteiger partial charge is 0 e. The third kappa shape index (κ3) is 226. The summed E-state index contributed by atoms with van der Waals surface area (Å²) in [5, 5.41) is 0. The monoisotopic (exact) mass is 418 g/mol. The van der Waals surface area contributed by atoms with Crippen LogP contribution in [-0.2, 0) is 46.6 Å². The average molecular weight is 418 g/mol. The van der Waals surface area contributed by atoms with Gasteiger partial charge in [0.2, 0.25) is 0 Å². The molecule has 0 aliphatic carbocycles. The first-order valence-corrected chi connectivity index (χ1v) is 1.41. The van der Waals surface area contributed by atoms with Gasteiger partial charge >= 0.3 is 40.1 Å². The molecule has 6 nitrogen and oxygen atoms in total. The summed E-state index contributed by atoms with van der Waals surface area (Å²) in [7, 11) is 0. The third-order valence-electron chi connectivity index (χ3n) is 0. The van der Waals surface area contributed by atoms with E-state index in [4.69, 9.17) is 7.61 Å². The van der Waals surface area contributed by atoms with Crippen LogP contribution in [0.15, 0.2) is 0 Å². The van der Waals surface area contributed by atoms with E-state index >= 15 is 0 Å². The molecule has 0 atom stereocenters. The van der Waals surface area contributed by atoms with E-state index < -0.39 is 0 Å². The van der Waals surface area contributed by atoms with E-state index in [2.05, 4.69) is 0 Å². The molecule has 0 aromatic carbocycles. The average Bonchev–Trinajstić information content (AvgIpc) is 1.50. The molecule has 0 rings (SSSR count). The van der Waals surface area contributed by atoms with Crippen LogP contribution in [0, 0.1) is 0 Å². The van der Waals surface area contributed by atoms with E-state index in [0.29, 0.717) is 0 Å². The molecule has 8 N–H and O–H groups in total. The van der Waals surface area contributed by atoms with Gasteiger partial charge in [0.25, 0.3) is 0 Å². The number of hydrogen-bond acceptors (Lipinski definition) is 2. The van der Waals surface area contributed by atoms with Crippen LogP contribution in [-0.4, -0.2) is 89.1 Å². The zero-order chi connectivity index (χ0) is 4.00. The molecule has 0 aromatic rings. The molecule has 0 unspecified atom stereocenters. The summed E-state index contributed by atoms with van der Waals surface area (Å²) < 4.78 is 16.3. The smallest absolute Gasteiger partial charge is 0 e. The molecule has 0 spiro atoms. The van der Waals surface area contributed by atoms with E-state index in [1.165, 1.54) is 32.4 Å². The Hall–Kier alpha value is 2.82. The number of rotatable bonds is 0. The molecule has 0 saturated carbocycles. The molecule has 0 aliphatic rings. The zero-order valence-corrected chi connectivity index (χ0v) is 13.7. The maximum absolute atomic E-state index is 8.17. The van der Waals surface area contributed by atoms with Crippen LogP contribution in [0.3, 0.4) is 0 Å². The van der Waals surface area contributed by atoms with Crippen molar-refractivity contribution in [2.24, 2.45) is 0 Å². The van der Waals surface area contributed by atoms with E-state index in [1.807, 2.05) is 0 Å². The molecule has 0 aliphatic heterocycles. The second kappa shape index (κ2) is 286. The summed E-state index contributed by atoms with van der Waals surface area (Å²) in [4.78, 5) is 0. The predicted molar refractivity (Wildman–Crippen MR) is 38.8 cm³/mol. The van der Waals surface area contributed by atoms with Crippen molar-refractivity contribution in [2.75, 3.05) is 0 Å². The summed E-state index contributed by atoms with van der Waals surface area (Å²) in [6.45, 7) is 0. The molecule has 12 heavy (non-hydrogen) atoms. The minimum atomic E-state index is 0. The molecule has 0 saturated heterocycles. The maximum Gasteiger partial charge on any atom is 0 e. The maximum atomic E-state index is 8.17. The quantitative estimate of drug-likeness (QED) is 0.361. The Bertz CT molecular complexity index is 19.5. The van der Waals surface area contributed by atoms with Crippen LogP contribution in [0.25, 0.3) is 0 Å². The van der Waals surface area contributed by atoms with Gasteiger partial charge in [0.05, 0.1) is 0 Å². The second-order valence-corrected chi connectivity index (χ2v) is 0. The van der Waals surface area contributed by atoms with Gasteiger partial charge in [-0.25, -0.2) is 0 Å². The topological polar surface area (TPSA) is 160 Å². The first-order valence-electron chi connectivity index (χ1n) is 0.471. The fourth-order valence-electron chi connectivity index (χ4n) is 0. The molecule has 74 valence electrons. The van der Waals surface area contributed by atoms with Crippen LogP contribution in [0.4, 0.5) is 0 Å². The van der Waals surface area contributed by atoms with Crippen LogP contribution in [0.2, 0.25) is 0 Å². The fourth-order valence-corrected chi connectivity index (χ4v) is 0. The molecule has 10 radical (unpaired) electrons. The van der Waals surface area contributed by atoms with Gasteiger partial charge in [-0.3, -0.25) is 0 Å². The van der Waals surface area contributed by atoms with Gasteiger partial charge in [-0.2, -0.15) is 0 Å². The van der Waals surface area contributed by atoms with Crippen LogP contribution < -0.4 is 0 Å². The van der Waals surface area contributed by atoms with Gasteiger partial charge in [0.1, 0.15) is 0 Å². The summed E-state index contributed by atoms with van der Waals surface area (Å²) >= 11 is 2.33. The van der Waals surface area contributed by atoms with Crippen molar-refractivity contribution in [3.8, 4) is 0 Å². The van der Waals surface area contributed by atoms with Gasteiger partial charge in [-0.05, 0) is 0 Å². The van der Waals surface area contributed by atoms with Crippen molar-refractivity contribution in [3.05, 3.63) is 0 Å². The standard InChI is InChI=1S/4Al.4H2O.2O.2Rh/h;;;;4*1H2;;;;. The van der Waals surface area contributed by atoms with Gasteiger partial charge in [0.15, 0.2) is 0 Å². The fraction of sp³-hybridized carbons (Fsp3) is 0. The molecule has 0 amide bonds. The van der Waals surface area contributed by atoms with Crippen molar-refractivity contribution in [1.82, 2.24) is 0 Å². The molecule has 12 heteroatoms. The van der Waals surface area contributed by atoms with E-state index in [0.717, 1.165) is 0 Å². The third-order valence-corrected chi connectivity index (χ3v) is 0. The molecule has 0 bridgehead atoms. The van der Waals surface area contributed by atoms with Gasteiger partial charge in [-0.15, -0.1) is 0 Å². The van der Waals surface area contributed by atoms with Crippen LogP contribution in [0.1, 0.15) is 0 Å². The van der Waals surface area contributed by atoms with Crippen molar-refractivity contribution in [3.63, 3.8) is 0 Å². The Morgan fingerprint density at radius 2 is 0.500 bits per heavy atom. The summed E-state index contributed by atoms with van der Waals surface area (Å²) in [6, 6.07) is 0. The Kier molecular flexibility index (Phi) is 2910. The van der Waals surface area contributed by atoms with Crippen molar-refractivity contribution in [1.29, 1.82) is 0 Å². The molecule has 0 heterocycles. The minimum absolute atomic E-state index is 0. The SMILES string of the molecule is O.O.O.O.[Al].[Al].[O]=[Al].[O]=[Al].[Rh].[Rh]. The van der Waals surface area contributed by atoms with Crippen molar-refractivity contribution < 1.29 is 68.5 Å². The first kappa shape index (κ1) is 122. The second-order valence-electron chi connectivity index (χ2n) is 0. The Morgan fingerprint density at radius 3 is 0.500 bits per heavy atom. The molecular weight excluding hydrogens is 410 g/mol. The normalized spacial score (nSPS) is 0.500. The molecule has 0 fully saturated rings. The number of hydrogen-bond donors (Lipinski definition) is 0. The van der Waals surface area contributed by atoms with Crippen molar-refractivity contribution >= 4 is 67.2 Å². The predicted octanol–water partition coefficient (Wildman–Crippen LogP) is -5.06. The minimum Gasteiger partial charge on any atom is 0 e. The summed E-state index contributed by atoms with van der Waals surface area (Å²) in [5.41, 5.74) is 0. The van der Waals surface area contributed by atoms with Gasteiger partial charge in [-0.1, -0.05) is 0 Å². The Morgan fingerprint density at radius 1 is 0.500 bits per heavy atom. The van der Waals surface area contributed by atoms with Gasteiger partial charge < -0.3 is 21.9 Å². The summed E-state index contributed by atoms with van der Waals surface area (Å²) in [6.07, 6.45) is 0.